The molecule has 0 atom stereocenters. The molecule has 0 saturated heterocycles. The van der Waals surface area contributed by atoms with Crippen LogP contribution in [0.3, 0.4) is 0 Å². The maximum Gasteiger partial charge on any atom is 0.356 e. The van der Waals surface area contributed by atoms with Crippen LogP contribution in [0.15, 0.2) is 23.7 Å². The van der Waals surface area contributed by atoms with Gasteiger partial charge in [-0.3, -0.25) is 5.41 Å². The van der Waals surface area contributed by atoms with Crippen LogP contribution in [0, 0.1) is 5.41 Å². The van der Waals surface area contributed by atoms with Gasteiger partial charge in [0.2, 0.25) is 5.95 Å². The van der Waals surface area contributed by atoms with Crippen LogP contribution in [-0.4, -0.2) is 58.5 Å². The van der Waals surface area contributed by atoms with Crippen molar-refractivity contribution in [1.82, 2.24) is 9.97 Å². The first-order valence-corrected chi connectivity index (χ1v) is 8.46. The lowest BCUT2D eigenvalue weighted by molar-refractivity contribution is -0.639. The van der Waals surface area contributed by atoms with Crippen LogP contribution in [0.4, 0.5) is 5.95 Å². The third kappa shape index (κ3) is 4.63. The molecule has 0 bridgehead atoms. The van der Waals surface area contributed by atoms with Crippen LogP contribution in [0.2, 0.25) is 0 Å². The molecule has 0 unspecified atom stereocenters. The van der Waals surface area contributed by atoms with Gasteiger partial charge in [0.15, 0.2) is 5.71 Å². The summed E-state index contributed by atoms with van der Waals surface area (Å²) in [6, 6.07) is 0.285. The van der Waals surface area contributed by atoms with E-state index in [4.69, 9.17) is 15.3 Å². The zero-order valence-electron chi connectivity index (χ0n) is 15.2. The fourth-order valence-corrected chi connectivity index (χ4v) is 2.70. The molecule has 1 aromatic heterocycles. The number of quaternary nitrogens is 1. The zero-order chi connectivity index (χ0) is 19.3. The number of carboxylic acid groups (broad SMARTS) is 1. The van der Waals surface area contributed by atoms with E-state index in [2.05, 4.69) is 15.3 Å². The molecule has 140 valence electrons. The number of aromatic carboxylic acids is 1. The maximum atomic E-state index is 12.0. The molecule has 9 heteroatoms. The number of nitrogens with one attached hydrogen (secondary N) is 1. The van der Waals surface area contributed by atoms with E-state index < -0.39 is 11.9 Å². The smallest absolute Gasteiger partial charge is 0.356 e. The standard InChI is InChI=1S/C17H23N5O4/c1-4-26-16(25)14(18)12-9-22(6-5-13(12)21-10(2)3)17-19-7-11(8-20-17)15(23)24/h7-8,10,18,21H,4-6,9H2,1-3H3,(H,23,24)/p+1. The number of aromatic nitrogens is 2. The second-order valence-electron chi connectivity index (χ2n) is 6.26. The van der Waals surface area contributed by atoms with Crippen molar-refractivity contribution in [3.63, 3.8) is 0 Å². The minimum atomic E-state index is -1.09. The summed E-state index contributed by atoms with van der Waals surface area (Å²) in [5.41, 5.74) is 1.39. The second kappa shape index (κ2) is 8.52. The molecular weight excluding hydrogens is 338 g/mol. The lowest BCUT2D eigenvalue weighted by Crippen LogP contribution is -2.87. The molecule has 26 heavy (non-hydrogen) atoms. The Morgan fingerprint density at radius 1 is 1.38 bits per heavy atom. The molecule has 0 radical (unpaired) electrons. The van der Waals surface area contributed by atoms with Crippen LogP contribution >= 0.6 is 0 Å². The molecule has 0 fully saturated rings. The van der Waals surface area contributed by atoms with E-state index in [0.29, 0.717) is 31.0 Å². The first-order chi connectivity index (χ1) is 12.3. The van der Waals surface area contributed by atoms with Gasteiger partial charge >= 0.3 is 11.9 Å². The highest BCUT2D eigenvalue weighted by Crippen LogP contribution is 2.19. The van der Waals surface area contributed by atoms with E-state index in [1.54, 1.807) is 6.92 Å². The summed E-state index contributed by atoms with van der Waals surface area (Å²) in [6.45, 7) is 6.90. The normalized spacial score (nSPS) is 14.5. The number of hydrogen-bond donors (Lipinski definition) is 3. The molecule has 1 aromatic rings. The number of nitrogens with two attached hydrogens (primary N) is 1. The van der Waals surface area contributed by atoms with Gasteiger partial charge in [0.05, 0.1) is 30.3 Å². The summed E-state index contributed by atoms with van der Waals surface area (Å²) < 4.78 is 4.97. The van der Waals surface area contributed by atoms with Crippen molar-refractivity contribution >= 4 is 23.6 Å². The number of carboxylic acids is 1. The van der Waals surface area contributed by atoms with Crippen molar-refractivity contribution in [2.75, 3.05) is 24.6 Å². The van der Waals surface area contributed by atoms with Crippen LogP contribution in [0.1, 0.15) is 37.6 Å². The summed E-state index contributed by atoms with van der Waals surface area (Å²) >= 11 is 0. The Labute approximate surface area is 151 Å². The average Bonchev–Trinajstić information content (AvgIpc) is 2.61. The summed E-state index contributed by atoms with van der Waals surface area (Å²) in [5, 5.41) is 19.2. The van der Waals surface area contributed by atoms with Gasteiger partial charge in [-0.05, 0) is 20.8 Å². The molecule has 0 saturated carbocycles. The van der Waals surface area contributed by atoms with Gasteiger partial charge < -0.3 is 20.1 Å². The average molecular weight is 362 g/mol. The molecule has 0 amide bonds. The second-order valence-corrected chi connectivity index (χ2v) is 6.26. The molecule has 0 aliphatic carbocycles. The fourth-order valence-electron chi connectivity index (χ4n) is 2.70. The third-order valence-electron chi connectivity index (χ3n) is 3.87. The summed E-state index contributed by atoms with van der Waals surface area (Å²) in [7, 11) is 0. The largest absolute Gasteiger partial charge is 0.478 e. The van der Waals surface area contributed by atoms with E-state index >= 15 is 0 Å². The lowest BCUT2D eigenvalue weighted by Gasteiger charge is -2.29. The van der Waals surface area contributed by atoms with Gasteiger partial charge in [-0.15, -0.1) is 0 Å². The van der Waals surface area contributed by atoms with E-state index in [-0.39, 0.29) is 23.9 Å². The summed E-state index contributed by atoms with van der Waals surface area (Å²) in [4.78, 5) is 33.0. The Balaban J connectivity index is 2.27. The number of nitrogens with zero attached hydrogens (tertiary/aromatic N) is 3. The number of ether oxygens (including phenoxy) is 1. The molecule has 4 N–H and O–H groups in total. The Morgan fingerprint density at radius 2 is 2.04 bits per heavy atom. The highest BCUT2D eigenvalue weighted by atomic mass is 16.5. The molecule has 9 nitrogen and oxygen atoms in total. The minimum absolute atomic E-state index is 0.00891. The Bertz CT molecular complexity index is 727. The number of carbonyl (C=O) groups excluding carboxylic acids is 1. The topological polar surface area (TPSA) is 133 Å². The molecule has 2 rings (SSSR count). The van der Waals surface area contributed by atoms with Crippen molar-refractivity contribution < 1.29 is 24.7 Å². The molecule has 2 heterocycles. The van der Waals surface area contributed by atoms with E-state index in [1.165, 1.54) is 12.4 Å². The van der Waals surface area contributed by atoms with Gasteiger partial charge in [-0.2, -0.15) is 0 Å². The molecule has 0 spiro atoms. The van der Waals surface area contributed by atoms with Crippen molar-refractivity contribution in [3.8, 4) is 0 Å². The predicted molar refractivity (Wildman–Crippen MR) is 94.3 cm³/mol. The number of esters is 1. The van der Waals surface area contributed by atoms with Crippen molar-refractivity contribution in [2.45, 2.75) is 33.2 Å². The van der Waals surface area contributed by atoms with Crippen molar-refractivity contribution in [1.29, 1.82) is 5.41 Å². The van der Waals surface area contributed by atoms with Crippen LogP contribution in [-0.2, 0) is 9.53 Å². The fraction of sp³-hybridized carbons (Fsp3) is 0.471. The highest BCUT2D eigenvalue weighted by Gasteiger charge is 2.30. The van der Waals surface area contributed by atoms with E-state index in [1.807, 2.05) is 18.7 Å². The van der Waals surface area contributed by atoms with Gasteiger partial charge in [-0.1, -0.05) is 0 Å². The Kier molecular flexibility index (Phi) is 6.40. The SMILES string of the molecule is CCOC(=O)C(=N)C1=C([NH2+]C(C)C)CCN(c2ncc(C(=O)O)cn2)C1. The molecule has 0 aromatic carbocycles. The summed E-state index contributed by atoms with van der Waals surface area (Å²) in [5.74, 6) is -1.37. The lowest BCUT2D eigenvalue weighted by atomic mass is 10.0. The number of rotatable bonds is 7. The third-order valence-corrected chi connectivity index (χ3v) is 3.87. The number of anilines is 1. The first kappa shape index (κ1) is 19.5. The van der Waals surface area contributed by atoms with E-state index in [9.17, 15) is 9.59 Å². The Morgan fingerprint density at radius 3 is 2.58 bits per heavy atom. The minimum Gasteiger partial charge on any atom is -0.478 e. The first-order valence-electron chi connectivity index (χ1n) is 8.46. The number of carbonyl (C=O) groups is 2. The number of hydrogen-bond acceptors (Lipinski definition) is 7. The van der Waals surface area contributed by atoms with Gasteiger partial charge in [0, 0.05) is 25.4 Å². The van der Waals surface area contributed by atoms with E-state index in [0.717, 1.165) is 5.70 Å². The van der Waals surface area contributed by atoms with Gasteiger partial charge in [0.25, 0.3) is 0 Å². The summed E-state index contributed by atoms with van der Waals surface area (Å²) in [6.07, 6.45) is 3.14. The van der Waals surface area contributed by atoms with Crippen molar-refractivity contribution in [2.24, 2.45) is 0 Å². The van der Waals surface area contributed by atoms with Crippen LogP contribution in [0.25, 0.3) is 0 Å². The van der Waals surface area contributed by atoms with Crippen molar-refractivity contribution in [3.05, 3.63) is 29.2 Å². The highest BCUT2D eigenvalue weighted by molar-refractivity contribution is 6.42. The molecular formula is C17H24N5O4+. The Hall–Kier alpha value is -2.81. The van der Waals surface area contributed by atoms with Crippen LogP contribution < -0.4 is 10.2 Å². The molecule has 1 aliphatic heterocycles. The van der Waals surface area contributed by atoms with Gasteiger partial charge in [0.1, 0.15) is 5.70 Å². The van der Waals surface area contributed by atoms with Crippen LogP contribution in [0.5, 0.6) is 0 Å². The quantitative estimate of drug-likeness (QED) is 0.466. The predicted octanol–water partition coefficient (Wildman–Crippen LogP) is 0.194. The maximum absolute atomic E-state index is 12.0. The van der Waals surface area contributed by atoms with Gasteiger partial charge in [-0.25, -0.2) is 19.6 Å². The monoisotopic (exact) mass is 362 g/mol. The zero-order valence-corrected chi connectivity index (χ0v) is 15.2. The molecule has 1 aliphatic rings.